The van der Waals surface area contributed by atoms with Gasteiger partial charge in [0.2, 0.25) is 0 Å². The van der Waals surface area contributed by atoms with Crippen LogP contribution in [0, 0.1) is 5.41 Å². The number of carbonyl (C=O) groups is 4. The average molecular weight is 769 g/mol. The molecule has 0 heterocycles. The molecule has 288 valence electrons. The van der Waals surface area contributed by atoms with Crippen molar-refractivity contribution >= 4 is 74.4 Å². The van der Waals surface area contributed by atoms with E-state index in [1.54, 1.807) is 0 Å². The predicted molar refractivity (Wildman–Crippen MR) is 212 cm³/mol. The molecule has 0 aliphatic carbocycles. The average Bonchev–Trinajstić information content (AvgIpc) is 3.10. The summed E-state index contributed by atoms with van der Waals surface area (Å²) in [6.07, 6.45) is 20.1. The van der Waals surface area contributed by atoms with Crippen molar-refractivity contribution in [3.8, 4) is 0 Å². The summed E-state index contributed by atoms with van der Waals surface area (Å²) in [6.45, 7) is -0.792. The van der Waals surface area contributed by atoms with E-state index >= 15 is 0 Å². The number of hydrogen-bond donors (Lipinski definition) is 4. The Morgan fingerprint density at radius 1 is 0.306 bits per heavy atom. The Labute approximate surface area is 320 Å². The zero-order valence-corrected chi connectivity index (χ0v) is 33.8. The molecule has 49 heavy (non-hydrogen) atoms. The van der Waals surface area contributed by atoms with Gasteiger partial charge in [-0.05, 0) is 74.4 Å². The Hall–Kier alpha value is -0.720. The van der Waals surface area contributed by atoms with Crippen LogP contribution in [0.15, 0.2) is 0 Å². The Morgan fingerprint density at radius 2 is 0.490 bits per heavy atom. The fraction of sp³-hybridized carbons (Fsp3) is 0.892. The van der Waals surface area contributed by atoms with Crippen LogP contribution in [0.5, 0.6) is 0 Å². The van der Waals surface area contributed by atoms with Crippen LogP contribution in [0.2, 0.25) is 0 Å². The van der Waals surface area contributed by atoms with E-state index in [0.29, 0.717) is 25.7 Å². The third-order valence-corrected chi connectivity index (χ3v) is 9.58. The molecule has 0 N–H and O–H groups in total. The molecule has 0 spiro atoms. The second kappa shape index (κ2) is 35.7. The summed E-state index contributed by atoms with van der Waals surface area (Å²) in [6, 6.07) is 0. The molecule has 0 aromatic carbocycles. The van der Waals surface area contributed by atoms with Crippen molar-refractivity contribution in [3.05, 3.63) is 0 Å². The normalized spacial score (nSPS) is 11.3. The molecule has 0 aromatic rings. The lowest BCUT2D eigenvalue weighted by molar-refractivity contribution is -0.170. The molecule has 0 unspecified atom stereocenters. The first-order chi connectivity index (χ1) is 23.8. The third-order valence-electron chi connectivity index (χ3n) is 8.31. The van der Waals surface area contributed by atoms with Crippen molar-refractivity contribution in [2.45, 2.75) is 154 Å². The number of hydrogen-bond acceptors (Lipinski definition) is 12. The molecule has 0 rings (SSSR count). The number of unbranched alkanes of at least 4 members (excludes halogenated alkanes) is 16. The first-order valence-corrected chi connectivity index (χ1v) is 21.4. The summed E-state index contributed by atoms with van der Waals surface area (Å²) in [5, 5.41) is 0. The number of rotatable bonds is 36. The lowest BCUT2D eigenvalue weighted by Gasteiger charge is -2.31. The highest BCUT2D eigenvalue weighted by molar-refractivity contribution is 7.80. The largest absolute Gasteiger partial charge is 0.465 e. The Morgan fingerprint density at radius 3 is 0.694 bits per heavy atom. The summed E-state index contributed by atoms with van der Waals surface area (Å²) < 4.78 is 22.8. The molecule has 0 saturated heterocycles. The van der Waals surface area contributed by atoms with Crippen LogP contribution in [0.1, 0.15) is 154 Å². The molecule has 12 heteroatoms. The smallest absolute Gasteiger partial charge is 0.305 e. The predicted octanol–water partition coefficient (Wildman–Crippen LogP) is 9.23. The van der Waals surface area contributed by atoms with Crippen molar-refractivity contribution in [1.82, 2.24) is 0 Å². The first-order valence-electron chi connectivity index (χ1n) is 18.9. The Kier molecular flexibility index (Phi) is 35.1. The summed E-state index contributed by atoms with van der Waals surface area (Å²) in [4.78, 5) is 51.1. The molecule has 0 bridgehead atoms. The molecule has 0 saturated carbocycles. The van der Waals surface area contributed by atoms with E-state index in [0.717, 1.165) is 126 Å². The summed E-state index contributed by atoms with van der Waals surface area (Å²) in [5.41, 5.74) is -1.21. The summed E-state index contributed by atoms with van der Waals surface area (Å²) in [7, 11) is 0. The van der Waals surface area contributed by atoms with Gasteiger partial charge in [-0.1, -0.05) is 77.0 Å². The molecule has 0 amide bonds. The van der Waals surface area contributed by atoms with E-state index in [1.165, 1.54) is 0 Å². The first kappa shape index (κ1) is 48.3. The minimum Gasteiger partial charge on any atom is -0.465 e. The van der Waals surface area contributed by atoms with Crippen LogP contribution in [0.25, 0.3) is 0 Å². The summed E-state index contributed by atoms with van der Waals surface area (Å²) >= 11 is 17.0. The van der Waals surface area contributed by atoms with E-state index in [9.17, 15) is 19.2 Å². The van der Waals surface area contributed by atoms with Crippen LogP contribution in [-0.4, -0.2) is 73.3 Å². The molecular weight excluding hydrogens is 701 g/mol. The van der Waals surface area contributed by atoms with E-state index in [1.807, 2.05) is 0 Å². The number of esters is 4. The highest BCUT2D eigenvalue weighted by Crippen LogP contribution is 2.24. The van der Waals surface area contributed by atoms with Crippen LogP contribution in [-0.2, 0) is 38.1 Å². The maximum atomic E-state index is 12.8. The molecule has 0 aliphatic heterocycles. The SMILES string of the molecule is O=C(CCCCCCCS)OCC(COC(=O)CCCCCCCS)(COC(=O)CCCCCCCS)COC(=O)CCCCCCCS. The van der Waals surface area contributed by atoms with E-state index < -0.39 is 5.41 Å². The number of carbonyl (C=O) groups excluding carboxylic acids is 4. The highest BCUT2D eigenvalue weighted by Gasteiger charge is 2.38. The van der Waals surface area contributed by atoms with Crippen LogP contribution >= 0.6 is 50.5 Å². The fourth-order valence-electron chi connectivity index (χ4n) is 5.12. The van der Waals surface area contributed by atoms with Crippen molar-refractivity contribution in [1.29, 1.82) is 0 Å². The van der Waals surface area contributed by atoms with Gasteiger partial charge in [0, 0.05) is 25.7 Å². The monoisotopic (exact) mass is 768 g/mol. The second-order valence-electron chi connectivity index (χ2n) is 13.1. The fourth-order valence-corrected chi connectivity index (χ4v) is 6.01. The highest BCUT2D eigenvalue weighted by atomic mass is 32.1. The molecule has 0 atom stereocenters. The number of thiol groups is 4. The maximum Gasteiger partial charge on any atom is 0.305 e. The van der Waals surface area contributed by atoms with Gasteiger partial charge in [-0.2, -0.15) is 50.5 Å². The third kappa shape index (κ3) is 31.7. The van der Waals surface area contributed by atoms with Crippen molar-refractivity contribution in [2.75, 3.05) is 49.4 Å². The van der Waals surface area contributed by atoms with E-state index in [4.69, 9.17) is 18.9 Å². The minimum atomic E-state index is -1.21. The second-order valence-corrected chi connectivity index (χ2v) is 14.9. The van der Waals surface area contributed by atoms with Crippen LogP contribution in [0.4, 0.5) is 0 Å². The van der Waals surface area contributed by atoms with Gasteiger partial charge < -0.3 is 18.9 Å². The van der Waals surface area contributed by atoms with Gasteiger partial charge in [0.15, 0.2) is 0 Å². The van der Waals surface area contributed by atoms with Gasteiger partial charge in [-0.3, -0.25) is 19.2 Å². The van der Waals surface area contributed by atoms with Gasteiger partial charge in [-0.15, -0.1) is 0 Å². The lowest BCUT2D eigenvalue weighted by atomic mass is 9.92. The molecule has 0 aromatic heterocycles. The van der Waals surface area contributed by atoms with Crippen LogP contribution in [0.3, 0.4) is 0 Å². The topological polar surface area (TPSA) is 105 Å². The zero-order valence-electron chi connectivity index (χ0n) is 30.2. The molecule has 0 radical (unpaired) electrons. The van der Waals surface area contributed by atoms with E-state index in [-0.39, 0.29) is 76.0 Å². The van der Waals surface area contributed by atoms with E-state index in [2.05, 4.69) is 50.5 Å². The van der Waals surface area contributed by atoms with Gasteiger partial charge in [0.05, 0.1) is 0 Å². The number of ether oxygens (including phenoxy) is 4. The molecule has 0 aliphatic rings. The minimum absolute atomic E-state index is 0.198. The summed E-state index contributed by atoms with van der Waals surface area (Å²) in [5.74, 6) is 1.88. The van der Waals surface area contributed by atoms with Crippen LogP contribution < -0.4 is 0 Å². The maximum absolute atomic E-state index is 12.8. The van der Waals surface area contributed by atoms with Crippen molar-refractivity contribution < 1.29 is 38.1 Å². The quantitative estimate of drug-likeness (QED) is 0.0217. The Bertz CT molecular complexity index is 697. The molecule has 0 fully saturated rings. The van der Waals surface area contributed by atoms with Gasteiger partial charge in [0.25, 0.3) is 0 Å². The van der Waals surface area contributed by atoms with Gasteiger partial charge >= 0.3 is 23.9 Å². The van der Waals surface area contributed by atoms with Gasteiger partial charge in [-0.25, -0.2) is 0 Å². The Balaban J connectivity index is 5.47. The lowest BCUT2D eigenvalue weighted by Crippen LogP contribution is -2.44. The van der Waals surface area contributed by atoms with Crippen molar-refractivity contribution in [3.63, 3.8) is 0 Å². The molecular formula is C37H68O8S4. The van der Waals surface area contributed by atoms with Gasteiger partial charge in [0.1, 0.15) is 31.8 Å². The molecule has 8 nitrogen and oxygen atoms in total. The zero-order chi connectivity index (χ0) is 36.3. The van der Waals surface area contributed by atoms with Crippen molar-refractivity contribution in [2.24, 2.45) is 5.41 Å². The standard InChI is InChI=1S/C37H68O8S4/c38-33(21-13-5-1-9-17-25-46)42-29-37(30-43-34(39)22-14-6-2-10-18-26-47,31-44-35(40)23-15-7-3-11-19-27-48)32-45-36(41)24-16-8-4-12-20-28-49/h46-49H,1-32H2.